The normalized spacial score (nSPS) is 17.0. The largest absolute Gasteiger partial charge is 0.508 e. The van der Waals surface area contributed by atoms with Gasteiger partial charge in [-0.25, -0.2) is 4.79 Å². The number of aliphatic carboxylic acids is 1. The zero-order valence-corrected chi connectivity index (χ0v) is 46.6. The molecular weight excluding hydrogens is 1030 g/mol. The number of phenols is 1. The van der Waals surface area contributed by atoms with Crippen molar-refractivity contribution < 1.29 is 63.6 Å². The van der Waals surface area contributed by atoms with Gasteiger partial charge in [0.1, 0.15) is 54.1 Å². The van der Waals surface area contributed by atoms with E-state index >= 15 is 0 Å². The first-order valence-corrected chi connectivity index (χ1v) is 26.6. The van der Waals surface area contributed by atoms with Gasteiger partial charge in [-0.05, 0) is 101 Å². The molecule has 0 aromatic heterocycles. The first kappa shape index (κ1) is 67.8. The summed E-state index contributed by atoms with van der Waals surface area (Å²) in [7, 11) is 0. The summed E-state index contributed by atoms with van der Waals surface area (Å²) in [6.45, 7) is 13.1. The molecule has 1 saturated heterocycles. The minimum absolute atomic E-state index is 0.0113. The van der Waals surface area contributed by atoms with Crippen LogP contribution in [0.1, 0.15) is 112 Å². The number of aliphatic imine (C=N–C) groups is 2. The Morgan fingerprint density at radius 2 is 1.03 bits per heavy atom. The average molecular weight is 1120 g/mol. The summed E-state index contributed by atoms with van der Waals surface area (Å²) in [6.07, 6.45) is -2.49. The third-order valence-electron chi connectivity index (χ3n) is 12.8. The highest BCUT2D eigenvalue weighted by molar-refractivity contribution is 5.98. The number of rotatable bonds is 33. The quantitative estimate of drug-likeness (QED) is 0.0183. The SMILES string of the molecule is CC(C)C[C@H](NC(=O)[C@H](CC(C)C)NC(=O)[C@@H]1CCCN1C(=O)[C@H](Cc1ccc(O)cc1)NC(=O)[C@H](CCCN=C(N)N)NC(=O)[C@@H](NC(=O)[C@@H](NC(=O)[C@@H](N)C(C)C)[C@@H](C)O)[C@@H](C)O)C(=O)N[C@@H](CCCN=C(N)N)C(=O)O. The third-order valence-corrected chi connectivity index (χ3v) is 12.8. The number of aliphatic hydroxyl groups excluding tert-OH is 2. The first-order chi connectivity index (χ1) is 36.9. The van der Waals surface area contributed by atoms with E-state index in [1.807, 2.05) is 13.8 Å². The van der Waals surface area contributed by atoms with Gasteiger partial charge in [-0.1, -0.05) is 53.7 Å². The van der Waals surface area contributed by atoms with Gasteiger partial charge in [0.15, 0.2) is 11.9 Å². The van der Waals surface area contributed by atoms with Gasteiger partial charge in [-0.15, -0.1) is 0 Å². The minimum atomic E-state index is -1.77. The van der Waals surface area contributed by atoms with Crippen LogP contribution in [0.3, 0.4) is 0 Å². The molecule has 1 aliphatic rings. The summed E-state index contributed by atoms with van der Waals surface area (Å²) in [5.74, 6) is -9.26. The topological polar surface area (TPSA) is 477 Å². The van der Waals surface area contributed by atoms with Crippen molar-refractivity contribution in [3.8, 4) is 5.75 Å². The summed E-state index contributed by atoms with van der Waals surface area (Å²) >= 11 is 0. The lowest BCUT2D eigenvalue weighted by Gasteiger charge is -2.32. The molecule has 28 nitrogen and oxygen atoms in total. The van der Waals surface area contributed by atoms with Crippen LogP contribution in [0, 0.1) is 17.8 Å². The maximum Gasteiger partial charge on any atom is 0.326 e. The molecule has 1 aromatic rings. The van der Waals surface area contributed by atoms with Gasteiger partial charge >= 0.3 is 5.97 Å². The number of aliphatic hydroxyl groups is 2. The number of phenolic OH excluding ortho intramolecular Hbond substituents is 1. The van der Waals surface area contributed by atoms with Crippen LogP contribution in [0.2, 0.25) is 0 Å². The number of nitrogens with two attached hydrogens (primary N) is 5. The zero-order valence-electron chi connectivity index (χ0n) is 46.6. The molecule has 28 heteroatoms. The second-order valence-corrected chi connectivity index (χ2v) is 21.1. The summed E-state index contributed by atoms with van der Waals surface area (Å²) in [4.78, 5) is 133. The van der Waals surface area contributed by atoms with E-state index in [4.69, 9.17) is 28.7 Å². The number of carbonyl (C=O) groups excluding carboxylic acids is 8. The lowest BCUT2D eigenvalue weighted by molar-refractivity contribution is -0.143. The Bertz CT molecular complexity index is 2270. The molecule has 0 unspecified atom stereocenters. The molecule has 21 N–H and O–H groups in total. The Balaban J connectivity index is 2.50. The second-order valence-electron chi connectivity index (χ2n) is 21.1. The summed E-state index contributed by atoms with van der Waals surface area (Å²) in [5, 5.41) is 59.0. The number of amides is 8. The second kappa shape index (κ2) is 33.2. The van der Waals surface area contributed by atoms with Crippen LogP contribution in [-0.2, 0) is 49.6 Å². The zero-order chi connectivity index (χ0) is 59.8. The van der Waals surface area contributed by atoms with Gasteiger partial charge in [0.05, 0.1) is 18.2 Å². The van der Waals surface area contributed by atoms with Gasteiger partial charge < -0.3 is 91.2 Å². The number of carbonyl (C=O) groups is 9. The van der Waals surface area contributed by atoms with E-state index in [9.17, 15) is 63.6 Å². The van der Waals surface area contributed by atoms with E-state index in [-0.39, 0.29) is 106 Å². The van der Waals surface area contributed by atoms with E-state index in [2.05, 4.69) is 47.2 Å². The predicted octanol–water partition coefficient (Wildman–Crippen LogP) is -3.65. The number of likely N-dealkylation sites (tertiary alicyclic amines) is 1. The van der Waals surface area contributed by atoms with Gasteiger partial charge in [0, 0.05) is 26.1 Å². The maximum absolute atomic E-state index is 14.8. The van der Waals surface area contributed by atoms with Crippen LogP contribution >= 0.6 is 0 Å². The standard InChI is InChI=1S/C51H87N15O13/c1-25(2)22-34(42(71)60-33(49(78)79)13-10-20-58-51(55)56)61-43(72)35(23-26(3)4)62-44(73)37-14-11-21-66(37)48(77)36(24-30-15-17-31(69)18-16-30)63-41(70)32(12-9-19-57-50(53)54)59-46(75)39(28(7)67)65-47(76)40(29(8)68)64-45(74)38(52)27(5)6/h15-18,25-29,32-40,67-69H,9-14,19-24,52H2,1-8H3,(H,59,75)(H,60,71)(H,61,72)(H,62,73)(H,63,70)(H,64,74)(H,65,76)(H,78,79)(H4,53,54,57)(H4,55,56,58)/t28-,29-,32+,33+,34+,35+,36+,37+,38+,39+,40+/m1/s1. The number of guanidine groups is 2. The Morgan fingerprint density at radius 3 is 1.49 bits per heavy atom. The molecule has 79 heavy (non-hydrogen) atoms. The van der Waals surface area contributed by atoms with Gasteiger partial charge in [-0.3, -0.25) is 48.3 Å². The average Bonchev–Trinajstić information content (AvgIpc) is 3.86. The number of carboxylic acid groups (broad SMARTS) is 1. The molecule has 1 aliphatic heterocycles. The van der Waals surface area contributed by atoms with E-state index < -0.39 is 120 Å². The van der Waals surface area contributed by atoms with Gasteiger partial charge in [0.25, 0.3) is 0 Å². The highest BCUT2D eigenvalue weighted by atomic mass is 16.4. The van der Waals surface area contributed by atoms with E-state index in [0.29, 0.717) is 12.0 Å². The number of aromatic hydroxyl groups is 1. The predicted molar refractivity (Wildman–Crippen MR) is 293 cm³/mol. The summed E-state index contributed by atoms with van der Waals surface area (Å²) < 4.78 is 0. The summed E-state index contributed by atoms with van der Waals surface area (Å²) in [6, 6.07) is -6.54. The van der Waals surface area contributed by atoms with Crippen molar-refractivity contribution in [1.29, 1.82) is 0 Å². The molecule has 0 aliphatic carbocycles. The lowest BCUT2D eigenvalue weighted by atomic mass is 9.99. The molecule has 0 saturated carbocycles. The van der Waals surface area contributed by atoms with Gasteiger partial charge in [-0.2, -0.15) is 0 Å². The molecule has 2 rings (SSSR count). The van der Waals surface area contributed by atoms with E-state index in [1.165, 1.54) is 43.0 Å². The Hall–Kier alpha value is -7.33. The monoisotopic (exact) mass is 1120 g/mol. The molecule has 0 bridgehead atoms. The fourth-order valence-corrected chi connectivity index (χ4v) is 8.46. The molecule has 444 valence electrons. The number of nitrogens with one attached hydrogen (secondary N) is 7. The molecule has 8 amide bonds. The Kier molecular flexibility index (Phi) is 28.5. The van der Waals surface area contributed by atoms with Crippen LogP contribution in [-0.4, -0.2) is 177 Å². The molecule has 1 fully saturated rings. The summed E-state index contributed by atoms with van der Waals surface area (Å²) in [5.41, 5.74) is 28.2. The minimum Gasteiger partial charge on any atom is -0.508 e. The molecular formula is C51H87N15O13. The molecule has 1 heterocycles. The Morgan fingerprint density at radius 1 is 0.595 bits per heavy atom. The third kappa shape index (κ3) is 23.7. The number of hydrogen-bond acceptors (Lipinski definition) is 15. The fraction of sp³-hybridized carbons (Fsp3) is 0.667. The van der Waals surface area contributed by atoms with Gasteiger partial charge in [0.2, 0.25) is 47.3 Å². The van der Waals surface area contributed by atoms with Crippen molar-refractivity contribution >= 4 is 65.1 Å². The van der Waals surface area contributed by atoms with Crippen LogP contribution in [0.15, 0.2) is 34.3 Å². The number of carboxylic acids is 1. The Labute approximate surface area is 461 Å². The van der Waals surface area contributed by atoms with Crippen molar-refractivity contribution in [3.63, 3.8) is 0 Å². The van der Waals surface area contributed by atoms with Crippen LogP contribution in [0.5, 0.6) is 5.75 Å². The molecule has 0 spiro atoms. The highest BCUT2D eigenvalue weighted by Crippen LogP contribution is 2.22. The molecule has 0 radical (unpaired) electrons. The van der Waals surface area contributed by atoms with Crippen molar-refractivity contribution in [2.75, 3.05) is 19.6 Å². The smallest absolute Gasteiger partial charge is 0.326 e. The number of hydrogen-bond donors (Lipinski definition) is 16. The first-order valence-electron chi connectivity index (χ1n) is 26.6. The fourth-order valence-electron chi connectivity index (χ4n) is 8.46. The van der Waals surface area contributed by atoms with Crippen LogP contribution in [0.25, 0.3) is 0 Å². The molecule has 1 aromatic carbocycles. The van der Waals surface area contributed by atoms with E-state index in [1.54, 1.807) is 27.7 Å². The van der Waals surface area contributed by atoms with Crippen LogP contribution in [0.4, 0.5) is 0 Å². The van der Waals surface area contributed by atoms with Crippen molar-refractivity contribution in [2.24, 2.45) is 56.4 Å². The van der Waals surface area contributed by atoms with Crippen molar-refractivity contribution in [1.82, 2.24) is 42.1 Å². The lowest BCUT2D eigenvalue weighted by Crippen LogP contribution is -2.63. The maximum atomic E-state index is 14.8. The van der Waals surface area contributed by atoms with Crippen molar-refractivity contribution in [3.05, 3.63) is 29.8 Å². The van der Waals surface area contributed by atoms with Crippen molar-refractivity contribution in [2.45, 2.75) is 180 Å². The number of benzene rings is 1. The highest BCUT2D eigenvalue weighted by Gasteiger charge is 2.41. The van der Waals surface area contributed by atoms with Crippen LogP contribution < -0.4 is 65.9 Å². The van der Waals surface area contributed by atoms with E-state index in [0.717, 1.165) is 0 Å². The number of nitrogens with zero attached hydrogens (tertiary/aromatic N) is 3. The molecule has 11 atom stereocenters.